The molecule has 3 aromatic carbocycles. The predicted octanol–water partition coefficient (Wildman–Crippen LogP) is 4.00. The molecule has 0 saturated heterocycles. The molecule has 1 aliphatic carbocycles. The first-order chi connectivity index (χ1) is 14.8. The van der Waals surface area contributed by atoms with Gasteiger partial charge in [0.1, 0.15) is 0 Å². The third-order valence-electron chi connectivity index (χ3n) is 4.70. The van der Waals surface area contributed by atoms with E-state index in [0.717, 1.165) is 0 Å². The molecule has 0 saturated carbocycles. The van der Waals surface area contributed by atoms with Crippen molar-refractivity contribution >= 4 is 31.5 Å². The lowest BCUT2D eigenvalue weighted by Gasteiger charge is -2.18. The number of fused-ring (bicyclic) bond motifs is 1. The highest BCUT2D eigenvalue weighted by Crippen LogP contribution is 2.26. The average molecular weight is 451 g/mol. The van der Waals surface area contributed by atoms with Crippen molar-refractivity contribution in [3.8, 4) is 0 Å². The zero-order valence-electron chi connectivity index (χ0n) is 16.5. The van der Waals surface area contributed by atoms with Gasteiger partial charge >= 0.3 is 0 Å². The molecule has 0 unspecified atom stereocenters. The van der Waals surface area contributed by atoms with Crippen molar-refractivity contribution in [1.29, 1.82) is 0 Å². The number of hydrogen-bond acceptors (Lipinski definition) is 4. The van der Waals surface area contributed by atoms with Crippen molar-refractivity contribution in [1.82, 2.24) is 0 Å². The second-order valence-electron chi connectivity index (χ2n) is 6.87. The molecule has 0 fully saturated rings. The Hall–Kier alpha value is -3.36. The smallest absolute Gasteiger partial charge is 0.199 e. The molecule has 4 rings (SSSR count). The van der Waals surface area contributed by atoms with Gasteiger partial charge in [-0.2, -0.15) is 25.6 Å². The van der Waals surface area contributed by atoms with E-state index < -0.39 is 20.0 Å². The van der Waals surface area contributed by atoms with Gasteiger partial charge < -0.3 is 0 Å². The normalized spacial score (nSPS) is 16.7. The molecule has 0 bridgehead atoms. The zero-order chi connectivity index (χ0) is 22.1. The third-order valence-corrected chi connectivity index (χ3v) is 7.29. The summed E-state index contributed by atoms with van der Waals surface area (Å²) in [6.45, 7) is 1.68. The summed E-state index contributed by atoms with van der Waals surface area (Å²) in [6, 6.07) is 22.8. The Kier molecular flexibility index (Phi) is 5.43. The number of allylic oxidation sites excluding steroid dienone is 2. The summed E-state index contributed by atoms with van der Waals surface area (Å²) in [4.78, 5) is 0.163. The number of hydrogen-bond donors (Lipinski definition) is 0. The van der Waals surface area contributed by atoms with Crippen LogP contribution in [-0.2, 0) is 20.0 Å². The molecule has 0 aliphatic heterocycles. The second-order valence-corrected chi connectivity index (χ2v) is 10.1. The molecule has 0 radical (unpaired) electrons. The van der Waals surface area contributed by atoms with E-state index in [0.29, 0.717) is 16.7 Å². The summed E-state index contributed by atoms with van der Waals surface area (Å²) in [5.41, 5.74) is 1.99. The minimum Gasteiger partial charge on any atom is -0.199 e. The number of sulfonamides is 2. The summed E-state index contributed by atoms with van der Waals surface area (Å²) in [7, 11) is -7.88. The van der Waals surface area contributed by atoms with Crippen LogP contribution in [0.25, 0.3) is 0 Å². The molecule has 0 atom stereocenters. The van der Waals surface area contributed by atoms with Crippen molar-refractivity contribution in [3.05, 3.63) is 108 Å². The van der Waals surface area contributed by atoms with Crippen LogP contribution in [0.15, 0.2) is 115 Å². The van der Waals surface area contributed by atoms with Gasteiger partial charge in [0.25, 0.3) is 20.0 Å². The van der Waals surface area contributed by atoms with Crippen LogP contribution in [0.2, 0.25) is 0 Å². The van der Waals surface area contributed by atoms with Crippen LogP contribution in [0.3, 0.4) is 0 Å². The van der Waals surface area contributed by atoms with E-state index >= 15 is 0 Å². The first-order valence-electron chi connectivity index (χ1n) is 9.36. The van der Waals surface area contributed by atoms with E-state index in [1.807, 2.05) is 0 Å². The summed E-state index contributed by atoms with van der Waals surface area (Å²) in [5, 5.41) is 0. The van der Waals surface area contributed by atoms with Crippen LogP contribution in [0, 0.1) is 0 Å². The zero-order valence-corrected chi connectivity index (χ0v) is 18.1. The molecular weight excluding hydrogens is 432 g/mol. The van der Waals surface area contributed by atoms with Crippen molar-refractivity contribution in [2.45, 2.75) is 16.7 Å². The molecule has 1 aliphatic rings. The van der Waals surface area contributed by atoms with E-state index in [1.54, 1.807) is 73.7 Å². The molecule has 0 N–H and O–H groups in total. The van der Waals surface area contributed by atoms with Gasteiger partial charge in [-0.1, -0.05) is 60.7 Å². The van der Waals surface area contributed by atoms with Crippen LogP contribution in [-0.4, -0.2) is 28.3 Å². The average Bonchev–Trinajstić information content (AvgIpc) is 2.77. The molecule has 8 heteroatoms. The summed E-state index contributed by atoms with van der Waals surface area (Å²) >= 11 is 0. The second kappa shape index (κ2) is 8.05. The Bertz CT molecular complexity index is 1440. The maximum Gasteiger partial charge on any atom is 0.282 e. The first-order valence-corrected chi connectivity index (χ1v) is 12.2. The number of rotatable bonds is 4. The molecule has 31 heavy (non-hydrogen) atoms. The van der Waals surface area contributed by atoms with Crippen LogP contribution in [0.1, 0.15) is 18.1 Å². The minimum atomic E-state index is -3.94. The predicted molar refractivity (Wildman–Crippen MR) is 121 cm³/mol. The quantitative estimate of drug-likeness (QED) is 0.600. The van der Waals surface area contributed by atoms with Crippen LogP contribution in [0.4, 0.5) is 0 Å². The number of benzene rings is 3. The van der Waals surface area contributed by atoms with Crippen LogP contribution < -0.4 is 0 Å². The summed E-state index contributed by atoms with van der Waals surface area (Å²) < 4.78 is 59.3. The van der Waals surface area contributed by atoms with Gasteiger partial charge in [-0.05, 0) is 42.8 Å². The van der Waals surface area contributed by atoms with E-state index in [1.165, 1.54) is 24.3 Å². The van der Waals surface area contributed by atoms with Crippen LogP contribution in [0.5, 0.6) is 0 Å². The Balaban J connectivity index is 1.86. The van der Waals surface area contributed by atoms with E-state index in [4.69, 9.17) is 0 Å². The minimum absolute atomic E-state index is 0.0807. The molecule has 3 aromatic rings. The molecule has 0 heterocycles. The Labute approximate surface area is 181 Å². The SMILES string of the molecule is CC1=CC(=N\S(=O)(=O)c2ccccc2)/c2ccccc2/C1=N/S(=O)(=O)c1ccccc1. The third kappa shape index (κ3) is 4.26. The number of nitrogens with zero attached hydrogens (tertiary/aromatic N) is 2. The summed E-state index contributed by atoms with van der Waals surface area (Å²) in [5.74, 6) is 0. The van der Waals surface area contributed by atoms with E-state index in [2.05, 4.69) is 8.80 Å². The van der Waals surface area contributed by atoms with Gasteiger partial charge in [0.15, 0.2) is 0 Å². The van der Waals surface area contributed by atoms with Crippen molar-refractivity contribution < 1.29 is 16.8 Å². The maximum absolute atomic E-state index is 12.8. The molecule has 0 amide bonds. The van der Waals surface area contributed by atoms with Gasteiger partial charge in [-0.25, -0.2) is 0 Å². The van der Waals surface area contributed by atoms with Crippen LogP contribution >= 0.6 is 0 Å². The maximum atomic E-state index is 12.8. The molecule has 0 spiro atoms. The molecule has 0 aromatic heterocycles. The highest BCUT2D eigenvalue weighted by atomic mass is 32.2. The lowest BCUT2D eigenvalue weighted by molar-refractivity contribution is 0.596. The summed E-state index contributed by atoms with van der Waals surface area (Å²) in [6.07, 6.45) is 1.54. The molecule has 156 valence electrons. The lowest BCUT2D eigenvalue weighted by Crippen LogP contribution is -2.19. The van der Waals surface area contributed by atoms with Crippen molar-refractivity contribution in [2.75, 3.05) is 0 Å². The van der Waals surface area contributed by atoms with Gasteiger partial charge in [0.05, 0.1) is 21.2 Å². The van der Waals surface area contributed by atoms with Gasteiger partial charge in [-0.3, -0.25) is 0 Å². The monoisotopic (exact) mass is 450 g/mol. The Morgan fingerprint density at radius 2 is 1.03 bits per heavy atom. The van der Waals surface area contributed by atoms with Gasteiger partial charge in [0, 0.05) is 11.1 Å². The Morgan fingerprint density at radius 3 is 1.58 bits per heavy atom. The largest absolute Gasteiger partial charge is 0.282 e. The molecule has 6 nitrogen and oxygen atoms in total. The Morgan fingerprint density at radius 1 is 0.581 bits per heavy atom. The van der Waals surface area contributed by atoms with Crippen molar-refractivity contribution in [2.24, 2.45) is 8.80 Å². The highest BCUT2D eigenvalue weighted by molar-refractivity contribution is 7.90. The first kappa shape index (κ1) is 20.9. The fourth-order valence-electron chi connectivity index (χ4n) is 3.21. The van der Waals surface area contributed by atoms with E-state index in [-0.39, 0.29) is 21.2 Å². The molecular formula is C23H18N2O4S2. The van der Waals surface area contributed by atoms with Gasteiger partial charge in [0.2, 0.25) is 0 Å². The van der Waals surface area contributed by atoms with Gasteiger partial charge in [-0.15, -0.1) is 0 Å². The fourth-order valence-corrected chi connectivity index (χ4v) is 5.32. The standard InChI is InChI=1S/C23H18N2O4S2/c1-17-16-22(24-30(26,27)18-10-4-2-5-11-18)20-14-8-9-15-21(20)23(17)25-31(28,29)19-12-6-3-7-13-19/h2-16H,1H3/b24-22+,25-23+. The highest BCUT2D eigenvalue weighted by Gasteiger charge is 2.25. The van der Waals surface area contributed by atoms with Crippen molar-refractivity contribution in [3.63, 3.8) is 0 Å². The fraction of sp³-hybridized carbons (Fsp3) is 0.0435. The van der Waals surface area contributed by atoms with E-state index in [9.17, 15) is 16.8 Å². The lowest BCUT2D eigenvalue weighted by atomic mass is 9.89. The topological polar surface area (TPSA) is 93.0 Å².